The molecule has 2 rings (SSSR count). The molecule has 0 amide bonds. The van der Waals surface area contributed by atoms with Crippen molar-refractivity contribution in [3.05, 3.63) is 34.9 Å². The van der Waals surface area contributed by atoms with Gasteiger partial charge >= 0.3 is 0 Å². The van der Waals surface area contributed by atoms with Crippen molar-refractivity contribution in [1.29, 1.82) is 0 Å². The molecule has 72 valence electrons. The summed E-state index contributed by atoms with van der Waals surface area (Å²) < 4.78 is 0. The van der Waals surface area contributed by atoms with Gasteiger partial charge in [0.2, 0.25) is 0 Å². The number of nitrogen functional groups attached to an aromatic ring is 1. The second-order valence-electron chi connectivity index (χ2n) is 2.97. The van der Waals surface area contributed by atoms with Crippen LogP contribution in [-0.2, 0) is 6.42 Å². The lowest BCUT2D eigenvalue weighted by Crippen LogP contribution is -2.12. The fraction of sp³-hybridized carbons (Fsp3) is 0.111. The molecular weight excluding hydrogens is 180 g/mol. The fourth-order valence-corrected chi connectivity index (χ4v) is 1.43. The van der Waals surface area contributed by atoms with E-state index in [2.05, 4.69) is 21.5 Å². The Balaban J connectivity index is 2.85. The Hall–Kier alpha value is -2.04. The van der Waals surface area contributed by atoms with Crippen molar-refractivity contribution >= 4 is 16.9 Å². The number of hydrogen-bond donors (Lipinski definition) is 3. The first-order valence-corrected chi connectivity index (χ1v) is 4.18. The Morgan fingerprint density at radius 2 is 2.43 bits per heavy atom. The predicted octanol–water partition coefficient (Wildman–Crippen LogP) is 0.562. The summed E-state index contributed by atoms with van der Waals surface area (Å²) in [6.45, 7) is 3.63. The predicted molar refractivity (Wildman–Crippen MR) is 55.0 cm³/mol. The first-order valence-electron chi connectivity index (χ1n) is 4.18. The van der Waals surface area contributed by atoms with Crippen LogP contribution in [0.5, 0.6) is 0 Å². The highest BCUT2D eigenvalue weighted by Crippen LogP contribution is 2.16. The van der Waals surface area contributed by atoms with Crippen LogP contribution in [0, 0.1) is 0 Å². The van der Waals surface area contributed by atoms with Crippen molar-refractivity contribution < 1.29 is 0 Å². The number of anilines is 1. The van der Waals surface area contributed by atoms with E-state index in [-0.39, 0.29) is 5.56 Å². The molecule has 0 unspecified atom stereocenters. The highest BCUT2D eigenvalue weighted by molar-refractivity contribution is 5.81. The molecule has 0 fully saturated rings. The zero-order valence-electron chi connectivity index (χ0n) is 7.50. The first kappa shape index (κ1) is 8.55. The van der Waals surface area contributed by atoms with Gasteiger partial charge in [0.15, 0.2) is 0 Å². The molecule has 14 heavy (non-hydrogen) atoms. The zero-order valence-corrected chi connectivity index (χ0v) is 7.50. The number of hydrogen-bond acceptors (Lipinski definition) is 3. The second-order valence-corrected chi connectivity index (χ2v) is 2.97. The molecular formula is C9H10N4O. The molecule has 0 radical (unpaired) electrons. The van der Waals surface area contributed by atoms with E-state index >= 15 is 0 Å². The summed E-state index contributed by atoms with van der Waals surface area (Å²) >= 11 is 0. The van der Waals surface area contributed by atoms with Gasteiger partial charge in [0.05, 0.1) is 6.33 Å². The molecule has 2 heterocycles. The van der Waals surface area contributed by atoms with Crippen LogP contribution in [0.3, 0.4) is 0 Å². The van der Waals surface area contributed by atoms with Crippen LogP contribution in [0.4, 0.5) is 5.82 Å². The lowest BCUT2D eigenvalue weighted by atomic mass is 10.1. The van der Waals surface area contributed by atoms with Crippen LogP contribution in [0.1, 0.15) is 5.56 Å². The number of nitrogens with one attached hydrogen (secondary N) is 2. The maximum Gasteiger partial charge on any atom is 0.275 e. The molecule has 5 nitrogen and oxygen atoms in total. The lowest BCUT2D eigenvalue weighted by molar-refractivity contribution is 1.19. The van der Waals surface area contributed by atoms with E-state index in [1.807, 2.05) is 0 Å². The minimum atomic E-state index is -0.247. The van der Waals surface area contributed by atoms with Crippen molar-refractivity contribution in [3.63, 3.8) is 0 Å². The van der Waals surface area contributed by atoms with Gasteiger partial charge < -0.3 is 15.7 Å². The summed E-state index contributed by atoms with van der Waals surface area (Å²) in [6.07, 6.45) is 3.79. The Morgan fingerprint density at radius 1 is 1.64 bits per heavy atom. The Bertz CT molecular complexity index is 537. The topological polar surface area (TPSA) is 87.6 Å². The number of rotatable bonds is 2. The highest BCUT2D eigenvalue weighted by Gasteiger charge is 2.09. The van der Waals surface area contributed by atoms with Gasteiger partial charge in [-0.25, -0.2) is 4.98 Å². The number of aromatic amines is 2. The van der Waals surface area contributed by atoms with Gasteiger partial charge in [0.1, 0.15) is 16.9 Å². The third-order valence-electron chi connectivity index (χ3n) is 2.07. The van der Waals surface area contributed by atoms with Gasteiger partial charge in [-0.1, -0.05) is 6.08 Å². The molecule has 2 aromatic heterocycles. The third kappa shape index (κ3) is 1.10. The number of allylic oxidation sites excluding steroid dienone is 1. The molecule has 0 aromatic carbocycles. The van der Waals surface area contributed by atoms with E-state index in [0.717, 1.165) is 5.56 Å². The van der Waals surface area contributed by atoms with Gasteiger partial charge in [-0.2, -0.15) is 0 Å². The quantitative estimate of drug-likeness (QED) is 0.604. The average Bonchev–Trinajstić information content (AvgIpc) is 2.60. The van der Waals surface area contributed by atoms with Crippen LogP contribution in [-0.4, -0.2) is 15.0 Å². The minimum Gasteiger partial charge on any atom is -0.385 e. The number of H-pyrrole nitrogens is 2. The maximum atomic E-state index is 11.4. The number of fused-ring (bicyclic) bond motifs is 1. The molecule has 0 bridgehead atoms. The zero-order chi connectivity index (χ0) is 10.1. The summed E-state index contributed by atoms with van der Waals surface area (Å²) in [4.78, 5) is 20.8. The monoisotopic (exact) mass is 190 g/mol. The van der Waals surface area contributed by atoms with Crippen molar-refractivity contribution in [2.24, 2.45) is 0 Å². The lowest BCUT2D eigenvalue weighted by Gasteiger charge is -2.02. The Morgan fingerprint density at radius 3 is 3.14 bits per heavy atom. The summed E-state index contributed by atoms with van der Waals surface area (Å²) in [7, 11) is 0. The summed E-state index contributed by atoms with van der Waals surface area (Å²) in [5, 5.41) is 0. The SMILES string of the molecule is C=CCc1c(N)[nH]c(=O)c2[nH]cnc12. The highest BCUT2D eigenvalue weighted by atomic mass is 16.1. The van der Waals surface area contributed by atoms with Crippen LogP contribution in [0.25, 0.3) is 11.0 Å². The summed E-state index contributed by atoms with van der Waals surface area (Å²) in [6, 6.07) is 0. The van der Waals surface area contributed by atoms with Gasteiger partial charge in [0.25, 0.3) is 5.56 Å². The van der Waals surface area contributed by atoms with Crippen LogP contribution < -0.4 is 11.3 Å². The van der Waals surface area contributed by atoms with Gasteiger partial charge in [-0.3, -0.25) is 4.79 Å². The van der Waals surface area contributed by atoms with E-state index in [4.69, 9.17) is 5.73 Å². The summed E-state index contributed by atoms with van der Waals surface area (Å²) in [5.41, 5.74) is 7.30. The molecule has 2 aromatic rings. The van der Waals surface area contributed by atoms with Crippen molar-refractivity contribution in [2.45, 2.75) is 6.42 Å². The molecule has 5 heteroatoms. The second kappa shape index (κ2) is 3.02. The molecule has 0 atom stereocenters. The van der Waals surface area contributed by atoms with Crippen LogP contribution >= 0.6 is 0 Å². The molecule has 0 aliphatic carbocycles. The standard InChI is InChI=1S/C9H10N4O/c1-2-3-5-6-7(12-4-11-6)9(14)13-8(5)10/h2,4H,1,3H2,(H,11,12)(H3,10,13,14). The number of nitrogens with zero attached hydrogens (tertiary/aromatic N) is 1. The largest absolute Gasteiger partial charge is 0.385 e. The number of aromatic nitrogens is 3. The van der Waals surface area contributed by atoms with Gasteiger partial charge in [0, 0.05) is 5.56 Å². The van der Waals surface area contributed by atoms with E-state index < -0.39 is 0 Å². The number of nitrogens with two attached hydrogens (primary N) is 1. The Kier molecular flexibility index (Phi) is 1.85. The van der Waals surface area contributed by atoms with Crippen LogP contribution in [0.15, 0.2) is 23.8 Å². The van der Waals surface area contributed by atoms with Crippen molar-refractivity contribution in [1.82, 2.24) is 15.0 Å². The summed E-state index contributed by atoms with van der Waals surface area (Å²) in [5.74, 6) is 0.356. The minimum absolute atomic E-state index is 0.247. The van der Waals surface area contributed by atoms with E-state index in [1.165, 1.54) is 6.33 Å². The molecule has 0 aliphatic heterocycles. The van der Waals surface area contributed by atoms with Gasteiger partial charge in [-0.15, -0.1) is 6.58 Å². The number of imidazole rings is 1. The average molecular weight is 190 g/mol. The molecule has 4 N–H and O–H groups in total. The van der Waals surface area contributed by atoms with E-state index in [0.29, 0.717) is 23.3 Å². The van der Waals surface area contributed by atoms with Gasteiger partial charge in [-0.05, 0) is 6.42 Å². The number of pyridine rings is 1. The normalized spacial score (nSPS) is 10.6. The molecule has 0 saturated heterocycles. The van der Waals surface area contributed by atoms with Crippen molar-refractivity contribution in [2.75, 3.05) is 5.73 Å². The maximum absolute atomic E-state index is 11.4. The smallest absolute Gasteiger partial charge is 0.275 e. The van der Waals surface area contributed by atoms with Crippen LogP contribution in [0.2, 0.25) is 0 Å². The fourth-order valence-electron chi connectivity index (χ4n) is 1.43. The molecule has 0 aliphatic rings. The third-order valence-corrected chi connectivity index (χ3v) is 2.07. The van der Waals surface area contributed by atoms with E-state index in [9.17, 15) is 4.79 Å². The Labute approximate surface area is 79.7 Å². The first-order chi connectivity index (χ1) is 6.74. The van der Waals surface area contributed by atoms with E-state index in [1.54, 1.807) is 6.08 Å². The molecule has 0 spiro atoms. The van der Waals surface area contributed by atoms with Crippen molar-refractivity contribution in [3.8, 4) is 0 Å². The molecule has 0 saturated carbocycles.